The minimum Gasteiger partial charge on any atom is -0.369 e. The minimum atomic E-state index is 0.0363. The maximum absolute atomic E-state index is 12.6. The van der Waals surface area contributed by atoms with Gasteiger partial charge in [0.1, 0.15) is 5.82 Å². The van der Waals surface area contributed by atoms with Crippen molar-refractivity contribution in [3.05, 3.63) is 42.5 Å². The van der Waals surface area contributed by atoms with Crippen LogP contribution < -0.4 is 15.1 Å². The van der Waals surface area contributed by atoms with E-state index in [2.05, 4.69) is 35.1 Å². The maximum atomic E-state index is 12.6. The molecular formula is C23H29N7O. The molecule has 2 aliphatic heterocycles. The number of aromatic nitrogens is 4. The third-order valence-corrected chi connectivity index (χ3v) is 6.36. The highest BCUT2D eigenvalue weighted by atomic mass is 16.1. The van der Waals surface area contributed by atoms with Crippen molar-refractivity contribution in [1.82, 2.24) is 25.3 Å². The number of anilines is 2. The van der Waals surface area contributed by atoms with Gasteiger partial charge < -0.3 is 20.1 Å². The van der Waals surface area contributed by atoms with Gasteiger partial charge in [-0.2, -0.15) is 0 Å². The first-order chi connectivity index (χ1) is 15.3. The fourth-order valence-corrected chi connectivity index (χ4v) is 4.54. The molecule has 1 amide bonds. The Morgan fingerprint density at radius 2 is 1.74 bits per heavy atom. The van der Waals surface area contributed by atoms with Crippen LogP contribution in [-0.2, 0) is 11.3 Å². The Morgan fingerprint density at radius 1 is 1.00 bits per heavy atom. The second kappa shape index (κ2) is 8.91. The van der Waals surface area contributed by atoms with Crippen molar-refractivity contribution in [3.63, 3.8) is 0 Å². The van der Waals surface area contributed by atoms with E-state index < -0.39 is 0 Å². The number of fused-ring (bicyclic) bond motifs is 1. The van der Waals surface area contributed by atoms with Crippen LogP contribution in [0, 0.1) is 5.92 Å². The number of amides is 1. The summed E-state index contributed by atoms with van der Waals surface area (Å²) in [6.07, 6.45) is 9.26. The summed E-state index contributed by atoms with van der Waals surface area (Å²) in [4.78, 5) is 34.2. The Kier molecular flexibility index (Phi) is 5.69. The molecule has 2 fully saturated rings. The molecule has 2 aromatic heterocycles. The number of nitrogens with one attached hydrogen (secondary N) is 2. The zero-order valence-electron chi connectivity index (χ0n) is 17.8. The normalized spacial score (nSPS) is 17.8. The Balaban J connectivity index is 1.11. The summed E-state index contributed by atoms with van der Waals surface area (Å²) >= 11 is 0. The predicted octanol–water partition coefficient (Wildman–Crippen LogP) is 2.88. The molecule has 4 heterocycles. The Labute approximate surface area is 182 Å². The van der Waals surface area contributed by atoms with Gasteiger partial charge in [0, 0.05) is 32.1 Å². The van der Waals surface area contributed by atoms with Gasteiger partial charge in [0.15, 0.2) is 0 Å². The largest absolute Gasteiger partial charge is 0.369 e. The Bertz CT molecular complexity index is 985. The van der Waals surface area contributed by atoms with E-state index in [0.29, 0.717) is 6.54 Å². The smallest absolute Gasteiger partial charge is 0.225 e. The van der Waals surface area contributed by atoms with E-state index in [1.165, 1.54) is 19.3 Å². The minimum absolute atomic E-state index is 0.0363. The lowest BCUT2D eigenvalue weighted by molar-refractivity contribution is -0.125. The van der Waals surface area contributed by atoms with Crippen molar-refractivity contribution < 1.29 is 4.79 Å². The van der Waals surface area contributed by atoms with E-state index in [0.717, 1.165) is 67.5 Å². The number of benzene rings is 1. The molecule has 0 spiro atoms. The van der Waals surface area contributed by atoms with E-state index in [9.17, 15) is 4.79 Å². The predicted molar refractivity (Wildman–Crippen MR) is 121 cm³/mol. The van der Waals surface area contributed by atoms with Crippen molar-refractivity contribution >= 4 is 28.6 Å². The summed E-state index contributed by atoms with van der Waals surface area (Å²) in [7, 11) is 0. The number of aromatic amines is 1. The Hall–Kier alpha value is -3.16. The molecular weight excluding hydrogens is 390 g/mol. The number of hydrogen-bond donors (Lipinski definition) is 2. The third-order valence-electron chi connectivity index (χ3n) is 6.36. The lowest BCUT2D eigenvalue weighted by atomic mass is 9.95. The number of hydrogen-bond acceptors (Lipinski definition) is 6. The average Bonchev–Trinajstić information content (AvgIpc) is 3.26. The van der Waals surface area contributed by atoms with Crippen LogP contribution in [0.25, 0.3) is 11.0 Å². The molecule has 2 saturated heterocycles. The van der Waals surface area contributed by atoms with Crippen molar-refractivity contribution in [2.45, 2.75) is 38.6 Å². The first-order valence-corrected chi connectivity index (χ1v) is 11.3. The van der Waals surface area contributed by atoms with Gasteiger partial charge in [-0.25, -0.2) is 15.0 Å². The molecule has 0 aliphatic carbocycles. The fraction of sp³-hybridized carbons (Fsp3) is 0.478. The first-order valence-electron chi connectivity index (χ1n) is 11.3. The number of carbonyl (C=O) groups is 1. The molecule has 0 radical (unpaired) electrons. The molecule has 0 saturated carbocycles. The molecule has 2 N–H and O–H groups in total. The summed E-state index contributed by atoms with van der Waals surface area (Å²) in [5.41, 5.74) is 2.96. The van der Waals surface area contributed by atoms with E-state index in [4.69, 9.17) is 0 Å². The van der Waals surface area contributed by atoms with Gasteiger partial charge in [-0.15, -0.1) is 0 Å². The van der Waals surface area contributed by atoms with Crippen LogP contribution >= 0.6 is 0 Å². The quantitative estimate of drug-likeness (QED) is 0.661. The third kappa shape index (κ3) is 4.47. The van der Waals surface area contributed by atoms with E-state index in [1.807, 2.05) is 36.7 Å². The molecule has 1 aromatic carbocycles. The van der Waals surface area contributed by atoms with Crippen LogP contribution in [0.2, 0.25) is 0 Å². The second-order valence-electron chi connectivity index (χ2n) is 8.47. The molecule has 0 bridgehead atoms. The SMILES string of the molecule is O=C(NCc1nc2ccccc2[nH]1)C1CCN(c2cnc(N3CCCCC3)nc2)CC1. The lowest BCUT2D eigenvalue weighted by Gasteiger charge is -2.33. The van der Waals surface area contributed by atoms with Gasteiger partial charge in [0.25, 0.3) is 0 Å². The van der Waals surface area contributed by atoms with Crippen LogP contribution in [0.15, 0.2) is 36.7 Å². The molecule has 0 atom stereocenters. The van der Waals surface area contributed by atoms with Crippen molar-refractivity contribution in [2.75, 3.05) is 36.0 Å². The lowest BCUT2D eigenvalue weighted by Crippen LogP contribution is -2.40. The van der Waals surface area contributed by atoms with Gasteiger partial charge in [0.05, 0.1) is 35.7 Å². The van der Waals surface area contributed by atoms with Gasteiger partial charge in [-0.1, -0.05) is 12.1 Å². The molecule has 31 heavy (non-hydrogen) atoms. The van der Waals surface area contributed by atoms with Crippen LogP contribution in [0.1, 0.15) is 37.9 Å². The summed E-state index contributed by atoms with van der Waals surface area (Å²) < 4.78 is 0. The first kappa shape index (κ1) is 19.8. The maximum Gasteiger partial charge on any atom is 0.225 e. The number of nitrogens with zero attached hydrogens (tertiary/aromatic N) is 5. The molecule has 5 rings (SSSR count). The fourth-order valence-electron chi connectivity index (χ4n) is 4.54. The van der Waals surface area contributed by atoms with Crippen LogP contribution in [-0.4, -0.2) is 52.0 Å². The standard InChI is InChI=1S/C23H29N7O/c31-22(24-16-21-27-19-6-2-3-7-20(19)28-21)17-8-12-29(13-9-17)18-14-25-23(26-15-18)30-10-4-1-5-11-30/h2-3,6-7,14-15,17H,1,4-5,8-13,16H2,(H,24,31)(H,27,28). The molecule has 162 valence electrons. The highest BCUT2D eigenvalue weighted by molar-refractivity contribution is 5.79. The van der Waals surface area contributed by atoms with Gasteiger partial charge in [0.2, 0.25) is 11.9 Å². The number of para-hydroxylation sites is 2. The number of imidazole rings is 1. The number of H-pyrrole nitrogens is 1. The molecule has 3 aromatic rings. The molecule has 8 nitrogen and oxygen atoms in total. The van der Waals surface area contributed by atoms with Crippen molar-refractivity contribution in [2.24, 2.45) is 5.92 Å². The van der Waals surface area contributed by atoms with E-state index in [1.54, 1.807) is 0 Å². The highest BCUT2D eigenvalue weighted by Crippen LogP contribution is 2.24. The number of carbonyl (C=O) groups excluding carboxylic acids is 1. The van der Waals surface area contributed by atoms with Crippen molar-refractivity contribution in [3.8, 4) is 0 Å². The number of piperidine rings is 2. The van der Waals surface area contributed by atoms with Gasteiger partial charge in [-0.3, -0.25) is 4.79 Å². The number of rotatable bonds is 5. The van der Waals surface area contributed by atoms with Crippen LogP contribution in [0.3, 0.4) is 0 Å². The van der Waals surface area contributed by atoms with Crippen molar-refractivity contribution in [1.29, 1.82) is 0 Å². The average molecular weight is 420 g/mol. The molecule has 0 unspecified atom stereocenters. The van der Waals surface area contributed by atoms with Crippen LogP contribution in [0.5, 0.6) is 0 Å². The Morgan fingerprint density at radius 3 is 2.48 bits per heavy atom. The zero-order valence-corrected chi connectivity index (χ0v) is 17.8. The second-order valence-corrected chi connectivity index (χ2v) is 8.47. The summed E-state index contributed by atoms with van der Waals surface area (Å²) in [5.74, 6) is 1.77. The summed E-state index contributed by atoms with van der Waals surface area (Å²) in [5, 5.41) is 3.05. The van der Waals surface area contributed by atoms with E-state index >= 15 is 0 Å². The highest BCUT2D eigenvalue weighted by Gasteiger charge is 2.25. The molecule has 8 heteroatoms. The van der Waals surface area contributed by atoms with Gasteiger partial charge in [-0.05, 0) is 44.2 Å². The summed E-state index contributed by atoms with van der Waals surface area (Å²) in [6, 6.07) is 7.90. The zero-order chi connectivity index (χ0) is 21.0. The van der Waals surface area contributed by atoms with Crippen LogP contribution in [0.4, 0.5) is 11.6 Å². The molecule has 2 aliphatic rings. The van der Waals surface area contributed by atoms with E-state index in [-0.39, 0.29) is 11.8 Å². The summed E-state index contributed by atoms with van der Waals surface area (Å²) in [6.45, 7) is 4.21. The monoisotopic (exact) mass is 419 g/mol. The van der Waals surface area contributed by atoms with Gasteiger partial charge >= 0.3 is 0 Å². The topological polar surface area (TPSA) is 90.0 Å².